The summed E-state index contributed by atoms with van der Waals surface area (Å²) in [6, 6.07) is 0. The minimum atomic E-state index is 0.753. The summed E-state index contributed by atoms with van der Waals surface area (Å²) in [4.78, 5) is 9.99. The van der Waals surface area contributed by atoms with Crippen molar-refractivity contribution in [2.45, 2.75) is 58.8 Å². The number of unbranched alkanes of at least 4 members (excludes halogenated alkanes) is 4. The monoisotopic (exact) mass is 170 g/mol. The molecule has 0 aromatic rings. The van der Waals surface area contributed by atoms with Gasteiger partial charge in [0.15, 0.2) is 0 Å². The third-order valence-corrected chi connectivity index (χ3v) is 2.47. The molecule has 1 nitrogen and oxygen atoms in total. The first-order valence-corrected chi connectivity index (χ1v) is 5.24. The quantitative estimate of drug-likeness (QED) is 0.402. The van der Waals surface area contributed by atoms with Gasteiger partial charge < -0.3 is 4.79 Å². The highest BCUT2D eigenvalue weighted by Gasteiger charge is 1.97. The molecule has 0 spiro atoms. The third kappa shape index (κ3) is 7.77. The highest BCUT2D eigenvalue weighted by Crippen LogP contribution is 2.13. The van der Waals surface area contributed by atoms with Crippen molar-refractivity contribution in [3.63, 3.8) is 0 Å². The van der Waals surface area contributed by atoms with Crippen LogP contribution in [-0.2, 0) is 4.79 Å². The van der Waals surface area contributed by atoms with Gasteiger partial charge in [0.05, 0.1) is 0 Å². The van der Waals surface area contributed by atoms with Crippen LogP contribution in [0.15, 0.2) is 0 Å². The fourth-order valence-corrected chi connectivity index (χ4v) is 1.28. The number of carbonyl (C=O) groups is 1. The van der Waals surface area contributed by atoms with E-state index >= 15 is 0 Å². The molecule has 0 radical (unpaired) electrons. The Hall–Kier alpha value is -0.330. The fourth-order valence-electron chi connectivity index (χ4n) is 1.28. The summed E-state index contributed by atoms with van der Waals surface area (Å²) in [5, 5.41) is 0. The van der Waals surface area contributed by atoms with E-state index in [0.29, 0.717) is 0 Å². The number of aldehydes is 1. The van der Waals surface area contributed by atoms with Crippen molar-refractivity contribution < 1.29 is 4.79 Å². The Balaban J connectivity index is 2.95. The predicted molar refractivity (Wildman–Crippen MR) is 53.2 cm³/mol. The van der Waals surface area contributed by atoms with Crippen molar-refractivity contribution in [3.05, 3.63) is 0 Å². The molecule has 1 heteroatoms. The van der Waals surface area contributed by atoms with Gasteiger partial charge in [-0.05, 0) is 12.3 Å². The van der Waals surface area contributed by atoms with Gasteiger partial charge in [-0.1, -0.05) is 46.0 Å². The maximum Gasteiger partial charge on any atom is 0.119 e. The first-order valence-electron chi connectivity index (χ1n) is 5.24. The van der Waals surface area contributed by atoms with E-state index in [0.717, 1.165) is 25.0 Å². The van der Waals surface area contributed by atoms with Crippen molar-refractivity contribution >= 4 is 6.29 Å². The predicted octanol–water partition coefficient (Wildman–Crippen LogP) is 3.57. The van der Waals surface area contributed by atoms with Crippen molar-refractivity contribution in [2.24, 2.45) is 5.92 Å². The molecule has 0 aliphatic rings. The lowest BCUT2D eigenvalue weighted by molar-refractivity contribution is -0.107. The highest BCUT2D eigenvalue weighted by atomic mass is 16.1. The summed E-state index contributed by atoms with van der Waals surface area (Å²) in [6.07, 6.45) is 9.40. The summed E-state index contributed by atoms with van der Waals surface area (Å²) in [7, 11) is 0. The highest BCUT2D eigenvalue weighted by molar-refractivity contribution is 5.48. The number of hydrogen-bond donors (Lipinski definition) is 0. The van der Waals surface area contributed by atoms with E-state index in [4.69, 9.17) is 0 Å². The summed E-state index contributed by atoms with van der Waals surface area (Å²) in [5.41, 5.74) is 0. The summed E-state index contributed by atoms with van der Waals surface area (Å²) >= 11 is 0. The number of hydrogen-bond acceptors (Lipinski definition) is 1. The Bertz CT molecular complexity index is 99.2. The molecule has 72 valence electrons. The second-order valence-electron chi connectivity index (χ2n) is 3.67. The zero-order valence-corrected chi connectivity index (χ0v) is 8.51. The van der Waals surface area contributed by atoms with Gasteiger partial charge in [-0.15, -0.1) is 0 Å². The zero-order valence-electron chi connectivity index (χ0n) is 8.51. The topological polar surface area (TPSA) is 17.1 Å². The van der Waals surface area contributed by atoms with E-state index in [1.807, 2.05) is 0 Å². The van der Waals surface area contributed by atoms with Crippen LogP contribution in [0.3, 0.4) is 0 Å². The van der Waals surface area contributed by atoms with Gasteiger partial charge in [-0.3, -0.25) is 0 Å². The van der Waals surface area contributed by atoms with E-state index in [1.165, 1.54) is 32.1 Å². The average molecular weight is 170 g/mol. The van der Waals surface area contributed by atoms with Crippen molar-refractivity contribution in [2.75, 3.05) is 0 Å². The molecule has 0 aliphatic heterocycles. The summed E-state index contributed by atoms with van der Waals surface area (Å²) < 4.78 is 0. The molecule has 0 saturated heterocycles. The largest absolute Gasteiger partial charge is 0.303 e. The first kappa shape index (κ1) is 11.7. The van der Waals surface area contributed by atoms with Gasteiger partial charge in [0, 0.05) is 6.42 Å². The van der Waals surface area contributed by atoms with Crippen LogP contribution in [0.1, 0.15) is 58.8 Å². The molecule has 1 atom stereocenters. The standard InChI is InChI=1S/C11H22O/c1-3-11(2)9-7-5-4-6-8-10-12/h10-11H,3-9H2,1-2H3. The Morgan fingerprint density at radius 3 is 2.42 bits per heavy atom. The molecule has 0 amide bonds. The zero-order chi connectivity index (χ0) is 9.23. The van der Waals surface area contributed by atoms with Gasteiger partial charge in [-0.25, -0.2) is 0 Å². The van der Waals surface area contributed by atoms with Crippen LogP contribution in [-0.4, -0.2) is 6.29 Å². The van der Waals surface area contributed by atoms with Gasteiger partial charge in [0.1, 0.15) is 6.29 Å². The van der Waals surface area contributed by atoms with Gasteiger partial charge in [0.25, 0.3) is 0 Å². The molecule has 0 bridgehead atoms. The molecule has 0 aliphatic carbocycles. The SMILES string of the molecule is CCC(C)CCCCCCC=O. The normalized spacial score (nSPS) is 12.8. The summed E-state index contributed by atoms with van der Waals surface area (Å²) in [6.45, 7) is 4.56. The van der Waals surface area contributed by atoms with Crippen LogP contribution in [0.5, 0.6) is 0 Å². The summed E-state index contributed by atoms with van der Waals surface area (Å²) in [5.74, 6) is 0.885. The molecule has 12 heavy (non-hydrogen) atoms. The minimum absolute atomic E-state index is 0.753. The molecular formula is C11H22O. The smallest absolute Gasteiger partial charge is 0.119 e. The molecule has 0 aromatic carbocycles. The Kier molecular flexibility index (Phi) is 8.52. The van der Waals surface area contributed by atoms with E-state index in [2.05, 4.69) is 13.8 Å². The Labute approximate surface area is 76.6 Å². The van der Waals surface area contributed by atoms with Gasteiger partial charge in [-0.2, -0.15) is 0 Å². The molecular weight excluding hydrogens is 148 g/mol. The molecule has 0 N–H and O–H groups in total. The van der Waals surface area contributed by atoms with Crippen LogP contribution in [0.4, 0.5) is 0 Å². The second-order valence-corrected chi connectivity index (χ2v) is 3.67. The lowest BCUT2D eigenvalue weighted by Gasteiger charge is -2.06. The second kappa shape index (κ2) is 8.76. The molecule has 0 aromatic heterocycles. The molecule has 1 unspecified atom stereocenters. The Morgan fingerprint density at radius 1 is 1.17 bits per heavy atom. The van der Waals surface area contributed by atoms with Crippen LogP contribution < -0.4 is 0 Å². The lowest BCUT2D eigenvalue weighted by atomic mass is 10.0. The molecule has 0 heterocycles. The number of rotatable bonds is 8. The average Bonchev–Trinajstić information content (AvgIpc) is 2.10. The first-order chi connectivity index (χ1) is 5.81. The Morgan fingerprint density at radius 2 is 1.83 bits per heavy atom. The van der Waals surface area contributed by atoms with E-state index in [9.17, 15) is 4.79 Å². The maximum absolute atomic E-state index is 9.99. The van der Waals surface area contributed by atoms with Gasteiger partial charge in [0.2, 0.25) is 0 Å². The van der Waals surface area contributed by atoms with E-state index in [-0.39, 0.29) is 0 Å². The van der Waals surface area contributed by atoms with Crippen LogP contribution in [0, 0.1) is 5.92 Å². The van der Waals surface area contributed by atoms with Crippen molar-refractivity contribution in [1.29, 1.82) is 0 Å². The van der Waals surface area contributed by atoms with Crippen molar-refractivity contribution in [3.8, 4) is 0 Å². The van der Waals surface area contributed by atoms with Crippen molar-refractivity contribution in [1.82, 2.24) is 0 Å². The fraction of sp³-hybridized carbons (Fsp3) is 0.909. The molecule has 0 rings (SSSR count). The third-order valence-electron chi connectivity index (χ3n) is 2.47. The minimum Gasteiger partial charge on any atom is -0.303 e. The maximum atomic E-state index is 9.99. The van der Waals surface area contributed by atoms with E-state index < -0.39 is 0 Å². The molecule has 0 saturated carbocycles. The van der Waals surface area contributed by atoms with Crippen LogP contribution >= 0.6 is 0 Å². The van der Waals surface area contributed by atoms with E-state index in [1.54, 1.807) is 0 Å². The number of carbonyl (C=O) groups excluding carboxylic acids is 1. The van der Waals surface area contributed by atoms with Gasteiger partial charge >= 0.3 is 0 Å². The lowest BCUT2D eigenvalue weighted by Crippen LogP contribution is -1.91. The molecule has 0 fully saturated rings. The van der Waals surface area contributed by atoms with Crippen LogP contribution in [0.25, 0.3) is 0 Å². The van der Waals surface area contributed by atoms with Crippen LogP contribution in [0.2, 0.25) is 0 Å².